The van der Waals surface area contributed by atoms with E-state index in [4.69, 9.17) is 34.8 Å². The standard InChI is InChI=1S/C6H3Cl3.C5H10O/c7-4-2-1-3-5(8)6(4)9;1-3-5(6)4-2/h1-3H;3-4H2,1-2H3. The molecule has 0 bridgehead atoms. The van der Waals surface area contributed by atoms with Crippen LogP contribution in [-0.2, 0) is 4.79 Å². The Morgan fingerprint density at radius 1 is 1.07 bits per heavy atom. The van der Waals surface area contributed by atoms with E-state index >= 15 is 0 Å². The summed E-state index contributed by atoms with van der Waals surface area (Å²) in [6, 6.07) is 5.13. The van der Waals surface area contributed by atoms with Crippen molar-refractivity contribution in [2.75, 3.05) is 0 Å². The van der Waals surface area contributed by atoms with E-state index in [1.807, 2.05) is 13.8 Å². The Kier molecular flexibility index (Phi) is 7.85. The van der Waals surface area contributed by atoms with Gasteiger partial charge in [0, 0.05) is 12.8 Å². The summed E-state index contributed by atoms with van der Waals surface area (Å²) in [5.74, 6) is 0.343. The van der Waals surface area contributed by atoms with Gasteiger partial charge in [-0.15, -0.1) is 0 Å². The Morgan fingerprint density at radius 3 is 1.67 bits per heavy atom. The van der Waals surface area contributed by atoms with E-state index in [1.54, 1.807) is 18.2 Å². The first-order valence-electron chi connectivity index (χ1n) is 4.64. The number of hydrogen-bond acceptors (Lipinski definition) is 1. The molecular weight excluding hydrogens is 254 g/mol. The highest BCUT2D eigenvalue weighted by atomic mass is 35.5. The van der Waals surface area contributed by atoms with E-state index < -0.39 is 0 Å². The van der Waals surface area contributed by atoms with Gasteiger partial charge in [-0.1, -0.05) is 54.7 Å². The highest BCUT2D eigenvalue weighted by Gasteiger charge is 1.98. The number of hydrogen-bond donors (Lipinski definition) is 0. The molecule has 0 atom stereocenters. The van der Waals surface area contributed by atoms with E-state index in [0.717, 1.165) is 0 Å². The minimum absolute atomic E-state index is 0.343. The van der Waals surface area contributed by atoms with Gasteiger partial charge in [-0.2, -0.15) is 0 Å². The molecule has 0 aromatic heterocycles. The van der Waals surface area contributed by atoms with Crippen molar-refractivity contribution in [3.8, 4) is 0 Å². The maximum atomic E-state index is 10.2. The summed E-state index contributed by atoms with van der Waals surface area (Å²) in [5.41, 5.74) is 0. The predicted molar refractivity (Wildman–Crippen MR) is 67.1 cm³/mol. The first kappa shape index (κ1) is 14.8. The lowest BCUT2D eigenvalue weighted by Crippen LogP contribution is -1.88. The van der Waals surface area contributed by atoms with Gasteiger partial charge < -0.3 is 0 Å². The second kappa shape index (κ2) is 7.98. The number of ketones is 1. The van der Waals surface area contributed by atoms with E-state index in [9.17, 15) is 4.79 Å². The molecule has 0 amide bonds. The Labute approximate surface area is 105 Å². The third-order valence-corrected chi connectivity index (χ3v) is 2.92. The topological polar surface area (TPSA) is 17.1 Å². The van der Waals surface area contributed by atoms with E-state index in [2.05, 4.69) is 0 Å². The average Bonchev–Trinajstić information content (AvgIpc) is 2.25. The van der Waals surface area contributed by atoms with Crippen LogP contribution >= 0.6 is 34.8 Å². The maximum Gasteiger partial charge on any atom is 0.132 e. The van der Waals surface area contributed by atoms with Gasteiger partial charge in [0.25, 0.3) is 0 Å². The molecule has 1 aromatic carbocycles. The van der Waals surface area contributed by atoms with Gasteiger partial charge in [-0.25, -0.2) is 0 Å². The van der Waals surface area contributed by atoms with Crippen LogP contribution in [0.1, 0.15) is 26.7 Å². The summed E-state index contributed by atoms with van der Waals surface area (Å²) >= 11 is 16.8. The molecular formula is C11H13Cl3O. The van der Waals surface area contributed by atoms with Crippen molar-refractivity contribution in [3.05, 3.63) is 33.3 Å². The molecule has 1 nitrogen and oxygen atoms in total. The summed E-state index contributed by atoms with van der Waals surface area (Å²) in [6.07, 6.45) is 1.38. The van der Waals surface area contributed by atoms with Crippen molar-refractivity contribution in [1.82, 2.24) is 0 Å². The van der Waals surface area contributed by atoms with Gasteiger partial charge in [0.1, 0.15) is 5.78 Å². The number of carbonyl (C=O) groups excluding carboxylic acids is 1. The average molecular weight is 268 g/mol. The molecule has 0 unspecified atom stereocenters. The molecule has 0 N–H and O–H groups in total. The summed E-state index contributed by atoms with van der Waals surface area (Å²) in [4.78, 5) is 10.2. The highest BCUT2D eigenvalue weighted by molar-refractivity contribution is 6.47. The molecule has 0 aliphatic carbocycles. The fourth-order valence-electron chi connectivity index (χ4n) is 0.727. The minimum Gasteiger partial charge on any atom is -0.300 e. The first-order chi connectivity index (χ1) is 7.02. The van der Waals surface area contributed by atoms with Gasteiger partial charge in [0.2, 0.25) is 0 Å². The van der Waals surface area contributed by atoms with Crippen LogP contribution in [0.3, 0.4) is 0 Å². The number of Topliss-reactive ketones (excluding diaryl/α,β-unsaturated/α-hetero) is 1. The number of halogens is 3. The van der Waals surface area contributed by atoms with Crippen LogP contribution < -0.4 is 0 Å². The van der Waals surface area contributed by atoms with Crippen molar-refractivity contribution in [2.24, 2.45) is 0 Å². The Bertz CT molecular complexity index is 297. The lowest BCUT2D eigenvalue weighted by atomic mass is 10.3. The van der Waals surface area contributed by atoms with Crippen molar-refractivity contribution in [2.45, 2.75) is 26.7 Å². The monoisotopic (exact) mass is 266 g/mol. The quantitative estimate of drug-likeness (QED) is 0.687. The van der Waals surface area contributed by atoms with Gasteiger partial charge in [-0.05, 0) is 12.1 Å². The third kappa shape index (κ3) is 6.03. The van der Waals surface area contributed by atoms with Gasteiger partial charge >= 0.3 is 0 Å². The molecule has 0 spiro atoms. The van der Waals surface area contributed by atoms with E-state index in [-0.39, 0.29) is 0 Å². The summed E-state index contributed by atoms with van der Waals surface area (Å²) < 4.78 is 0. The van der Waals surface area contributed by atoms with Crippen LogP contribution in [-0.4, -0.2) is 5.78 Å². The zero-order valence-electron chi connectivity index (χ0n) is 8.69. The minimum atomic E-state index is 0.343. The molecule has 0 aliphatic heterocycles. The number of benzene rings is 1. The van der Waals surface area contributed by atoms with Gasteiger partial charge in [0.15, 0.2) is 0 Å². The molecule has 0 fully saturated rings. The van der Waals surface area contributed by atoms with Crippen LogP contribution in [0.5, 0.6) is 0 Å². The molecule has 1 aromatic rings. The van der Waals surface area contributed by atoms with Crippen LogP contribution in [0.15, 0.2) is 18.2 Å². The Hall–Kier alpha value is -0.240. The molecule has 15 heavy (non-hydrogen) atoms. The molecule has 0 aliphatic rings. The first-order valence-corrected chi connectivity index (χ1v) is 5.77. The molecule has 0 saturated carbocycles. The van der Waals surface area contributed by atoms with Crippen LogP contribution in [0, 0.1) is 0 Å². The molecule has 0 heterocycles. The smallest absolute Gasteiger partial charge is 0.132 e. The lowest BCUT2D eigenvalue weighted by Gasteiger charge is -1.94. The second-order valence-corrected chi connectivity index (χ2v) is 3.97. The van der Waals surface area contributed by atoms with Crippen LogP contribution in [0.25, 0.3) is 0 Å². The Balaban J connectivity index is 0.000000288. The van der Waals surface area contributed by atoms with Crippen molar-refractivity contribution in [1.29, 1.82) is 0 Å². The lowest BCUT2D eigenvalue weighted by molar-refractivity contribution is -0.118. The van der Waals surface area contributed by atoms with Gasteiger partial charge in [-0.3, -0.25) is 4.79 Å². The van der Waals surface area contributed by atoms with Crippen molar-refractivity contribution < 1.29 is 4.79 Å². The molecule has 1 rings (SSSR count). The summed E-state index contributed by atoms with van der Waals surface area (Å²) in [7, 11) is 0. The van der Waals surface area contributed by atoms with Crippen LogP contribution in [0.4, 0.5) is 0 Å². The fourth-order valence-corrected chi connectivity index (χ4v) is 1.25. The molecule has 4 heteroatoms. The predicted octanol–water partition coefficient (Wildman–Crippen LogP) is 5.02. The summed E-state index contributed by atoms with van der Waals surface area (Å²) in [6.45, 7) is 3.76. The maximum absolute atomic E-state index is 10.2. The van der Waals surface area contributed by atoms with E-state index in [1.165, 1.54) is 0 Å². The van der Waals surface area contributed by atoms with E-state index in [0.29, 0.717) is 33.7 Å². The van der Waals surface area contributed by atoms with Crippen LogP contribution in [0.2, 0.25) is 15.1 Å². The molecule has 0 saturated heterocycles. The molecule has 84 valence electrons. The molecule has 0 radical (unpaired) electrons. The highest BCUT2D eigenvalue weighted by Crippen LogP contribution is 2.28. The zero-order chi connectivity index (χ0) is 11.8. The zero-order valence-corrected chi connectivity index (χ0v) is 11.0. The normalized spacial score (nSPS) is 9.13. The van der Waals surface area contributed by atoms with Crippen molar-refractivity contribution in [3.63, 3.8) is 0 Å². The summed E-state index contributed by atoms with van der Waals surface area (Å²) in [5, 5.41) is 1.40. The van der Waals surface area contributed by atoms with Gasteiger partial charge in [0.05, 0.1) is 15.1 Å². The number of carbonyl (C=O) groups is 1. The van der Waals surface area contributed by atoms with Crippen molar-refractivity contribution >= 4 is 40.6 Å². The second-order valence-electron chi connectivity index (χ2n) is 2.78. The SMILES string of the molecule is CCC(=O)CC.Clc1cccc(Cl)c1Cl. The third-order valence-electron chi connectivity index (χ3n) is 1.69. The largest absolute Gasteiger partial charge is 0.300 e. The number of rotatable bonds is 2. The Morgan fingerprint density at radius 2 is 1.47 bits per heavy atom. The fraction of sp³-hybridized carbons (Fsp3) is 0.364.